The molecule has 0 heterocycles. The molecule has 0 saturated carbocycles. The van der Waals surface area contributed by atoms with Gasteiger partial charge >= 0.3 is 39.5 Å². The highest BCUT2D eigenvalue weighted by atomic mass is 31.2. The van der Waals surface area contributed by atoms with Crippen LogP contribution >= 0.6 is 15.6 Å². The summed E-state index contributed by atoms with van der Waals surface area (Å²) in [6, 6.07) is 0. The van der Waals surface area contributed by atoms with Crippen LogP contribution in [-0.2, 0) is 65.4 Å². The SMILES string of the molecule is CCCCCCCCCCCCCC(=O)O[C@H](COC(=O)CCCCCCCCC)COP(=O)(O)OC[C@H](O)COP(=O)(O)OC[C@@H](COC(=O)CCCCCCCCCCC(C)CC)OC(=O)CCCCCCCCCCCCCCC(C)C. The van der Waals surface area contributed by atoms with Gasteiger partial charge in [-0.25, -0.2) is 9.13 Å². The van der Waals surface area contributed by atoms with E-state index in [1.165, 1.54) is 135 Å². The Balaban J connectivity index is 5.22. The molecule has 504 valence electrons. The molecule has 6 atom stereocenters. The summed E-state index contributed by atoms with van der Waals surface area (Å²) in [6.45, 7) is 9.48. The Kier molecular flexibility index (Phi) is 57.1. The minimum absolute atomic E-state index is 0.106. The lowest BCUT2D eigenvalue weighted by Gasteiger charge is -2.21. The van der Waals surface area contributed by atoms with Gasteiger partial charge in [0.25, 0.3) is 0 Å². The van der Waals surface area contributed by atoms with E-state index in [1.807, 2.05) is 0 Å². The Hall–Kier alpha value is -1.94. The normalized spacial score (nSPS) is 14.6. The van der Waals surface area contributed by atoms with Crippen molar-refractivity contribution < 1.29 is 80.2 Å². The van der Waals surface area contributed by atoms with Gasteiger partial charge in [-0.1, -0.05) is 279 Å². The van der Waals surface area contributed by atoms with E-state index in [0.717, 1.165) is 115 Å². The van der Waals surface area contributed by atoms with Crippen molar-refractivity contribution in [1.82, 2.24) is 0 Å². The van der Waals surface area contributed by atoms with Crippen molar-refractivity contribution in [3.05, 3.63) is 0 Å². The van der Waals surface area contributed by atoms with Gasteiger partial charge in [0.2, 0.25) is 0 Å². The van der Waals surface area contributed by atoms with Crippen molar-refractivity contribution in [2.24, 2.45) is 11.8 Å². The molecule has 0 aromatic carbocycles. The van der Waals surface area contributed by atoms with Crippen LogP contribution in [0.3, 0.4) is 0 Å². The number of ether oxygens (including phenoxy) is 4. The van der Waals surface area contributed by atoms with Crippen LogP contribution in [0.1, 0.15) is 330 Å². The number of carbonyl (C=O) groups excluding carboxylic acids is 4. The Morgan fingerprint density at radius 3 is 0.894 bits per heavy atom. The summed E-state index contributed by atoms with van der Waals surface area (Å²) in [5.41, 5.74) is 0. The lowest BCUT2D eigenvalue weighted by Crippen LogP contribution is -2.30. The predicted molar refractivity (Wildman–Crippen MR) is 340 cm³/mol. The molecule has 3 unspecified atom stereocenters. The second kappa shape index (κ2) is 58.4. The summed E-state index contributed by atoms with van der Waals surface area (Å²) in [5, 5.41) is 10.5. The minimum Gasteiger partial charge on any atom is -0.462 e. The third kappa shape index (κ3) is 59.5. The van der Waals surface area contributed by atoms with Gasteiger partial charge in [-0.3, -0.25) is 37.3 Å². The van der Waals surface area contributed by atoms with E-state index in [0.29, 0.717) is 25.7 Å². The maximum absolute atomic E-state index is 13.0. The zero-order valence-electron chi connectivity index (χ0n) is 54.9. The van der Waals surface area contributed by atoms with E-state index in [4.69, 9.17) is 37.0 Å². The van der Waals surface area contributed by atoms with Crippen molar-refractivity contribution in [1.29, 1.82) is 0 Å². The van der Waals surface area contributed by atoms with Crippen LogP contribution in [0.5, 0.6) is 0 Å². The highest BCUT2D eigenvalue weighted by Gasteiger charge is 2.30. The summed E-state index contributed by atoms with van der Waals surface area (Å²) in [4.78, 5) is 72.2. The van der Waals surface area contributed by atoms with Crippen LogP contribution in [0.2, 0.25) is 0 Å². The molecule has 0 radical (unpaired) electrons. The third-order valence-electron chi connectivity index (χ3n) is 15.6. The minimum atomic E-state index is -4.95. The number of aliphatic hydroxyl groups is 1. The molecule has 3 N–H and O–H groups in total. The van der Waals surface area contributed by atoms with Gasteiger partial charge in [-0.15, -0.1) is 0 Å². The number of hydrogen-bond donors (Lipinski definition) is 3. The zero-order valence-corrected chi connectivity index (χ0v) is 56.7. The van der Waals surface area contributed by atoms with Crippen LogP contribution in [0.15, 0.2) is 0 Å². The number of phosphoric acid groups is 2. The lowest BCUT2D eigenvalue weighted by molar-refractivity contribution is -0.161. The van der Waals surface area contributed by atoms with E-state index in [-0.39, 0.29) is 25.7 Å². The smallest absolute Gasteiger partial charge is 0.462 e. The molecule has 0 aromatic heterocycles. The van der Waals surface area contributed by atoms with E-state index >= 15 is 0 Å². The largest absolute Gasteiger partial charge is 0.472 e. The number of unbranched alkanes of at least 4 members (excludes halogenated alkanes) is 34. The van der Waals surface area contributed by atoms with Crippen LogP contribution in [0.25, 0.3) is 0 Å². The van der Waals surface area contributed by atoms with E-state index < -0.39 is 97.5 Å². The van der Waals surface area contributed by atoms with Gasteiger partial charge < -0.3 is 33.8 Å². The molecule has 0 aliphatic rings. The molecule has 0 rings (SSSR count). The fraction of sp³-hybridized carbons (Fsp3) is 0.939. The van der Waals surface area contributed by atoms with Crippen molar-refractivity contribution in [2.75, 3.05) is 39.6 Å². The van der Waals surface area contributed by atoms with E-state index in [2.05, 4.69) is 41.5 Å². The van der Waals surface area contributed by atoms with Crippen molar-refractivity contribution in [3.63, 3.8) is 0 Å². The maximum Gasteiger partial charge on any atom is 0.472 e. The summed E-state index contributed by atoms with van der Waals surface area (Å²) in [5.74, 6) is -0.580. The van der Waals surface area contributed by atoms with Crippen LogP contribution in [0, 0.1) is 11.8 Å². The summed E-state index contributed by atoms with van der Waals surface area (Å²) < 4.78 is 68.0. The molecule has 19 heteroatoms. The molecule has 0 spiro atoms. The molecule has 0 bridgehead atoms. The molecule has 0 amide bonds. The molecule has 0 aliphatic heterocycles. The van der Waals surface area contributed by atoms with Gasteiger partial charge in [-0.05, 0) is 37.5 Å². The van der Waals surface area contributed by atoms with E-state index in [1.54, 1.807) is 0 Å². The van der Waals surface area contributed by atoms with Crippen LogP contribution in [0.4, 0.5) is 0 Å². The number of hydrogen-bond acceptors (Lipinski definition) is 15. The Morgan fingerprint density at radius 1 is 0.341 bits per heavy atom. The molecule has 0 saturated heterocycles. The van der Waals surface area contributed by atoms with E-state index in [9.17, 15) is 43.2 Å². The molecular weight excluding hydrogens is 1130 g/mol. The Bertz CT molecular complexity index is 1670. The monoisotopic (exact) mass is 1250 g/mol. The fourth-order valence-corrected chi connectivity index (χ4v) is 11.4. The maximum atomic E-state index is 13.0. The van der Waals surface area contributed by atoms with Crippen LogP contribution in [-0.4, -0.2) is 96.7 Å². The summed E-state index contributed by atoms with van der Waals surface area (Å²) in [6.07, 6.45) is 41.6. The third-order valence-corrected chi connectivity index (χ3v) is 17.5. The summed E-state index contributed by atoms with van der Waals surface area (Å²) >= 11 is 0. The number of rotatable bonds is 65. The Labute approximate surface area is 517 Å². The molecule has 0 fully saturated rings. The first kappa shape index (κ1) is 83.1. The van der Waals surface area contributed by atoms with Gasteiger partial charge in [0.05, 0.1) is 26.4 Å². The molecule has 17 nitrogen and oxygen atoms in total. The van der Waals surface area contributed by atoms with Gasteiger partial charge in [-0.2, -0.15) is 0 Å². The molecule has 0 aliphatic carbocycles. The first-order valence-corrected chi connectivity index (χ1v) is 37.5. The van der Waals surface area contributed by atoms with Crippen LogP contribution < -0.4 is 0 Å². The number of aliphatic hydroxyl groups excluding tert-OH is 1. The standard InChI is InChI=1S/C66H128O17P2/c1-7-10-12-14-16-17-20-24-32-38-44-50-65(70)82-61(54-76-63(68)48-42-36-28-15-13-11-8-2)56-80-84(72,73)78-52-60(67)53-79-85(74,75)81-57-62(55-77-64(69)49-43-37-31-27-26-30-35-41-47-59(6)9-3)83-66(71)51-45-39-33-25-22-19-18-21-23-29-34-40-46-58(4)5/h58-62,67H,7-57H2,1-6H3,(H,72,73)(H,74,75)/t59?,60-,61+,62+/m0/s1. The second-order valence-corrected chi connectivity index (χ2v) is 27.5. The molecule has 0 aromatic rings. The van der Waals surface area contributed by atoms with Gasteiger partial charge in [0.15, 0.2) is 12.2 Å². The zero-order chi connectivity index (χ0) is 62.9. The number of carbonyl (C=O) groups is 4. The summed E-state index contributed by atoms with van der Waals surface area (Å²) in [7, 11) is -9.89. The average molecular weight is 1260 g/mol. The van der Waals surface area contributed by atoms with Crippen molar-refractivity contribution >= 4 is 39.5 Å². The first-order valence-electron chi connectivity index (χ1n) is 34.5. The highest BCUT2D eigenvalue weighted by molar-refractivity contribution is 7.47. The predicted octanol–water partition coefficient (Wildman–Crippen LogP) is 18.4. The average Bonchev–Trinajstić information content (AvgIpc) is 3.61. The Morgan fingerprint density at radius 2 is 0.600 bits per heavy atom. The van der Waals surface area contributed by atoms with Crippen molar-refractivity contribution in [3.8, 4) is 0 Å². The fourth-order valence-electron chi connectivity index (χ4n) is 9.85. The number of esters is 4. The first-order chi connectivity index (χ1) is 40.9. The quantitative estimate of drug-likeness (QED) is 0.0222. The second-order valence-electron chi connectivity index (χ2n) is 24.6. The van der Waals surface area contributed by atoms with Crippen molar-refractivity contribution in [2.45, 2.75) is 349 Å². The molecular formula is C66H128O17P2. The highest BCUT2D eigenvalue weighted by Crippen LogP contribution is 2.45. The van der Waals surface area contributed by atoms with Gasteiger partial charge in [0.1, 0.15) is 19.3 Å². The lowest BCUT2D eigenvalue weighted by atomic mass is 9.99. The number of phosphoric ester groups is 2. The molecule has 85 heavy (non-hydrogen) atoms. The van der Waals surface area contributed by atoms with Gasteiger partial charge in [0, 0.05) is 25.7 Å². The topological polar surface area (TPSA) is 237 Å².